The molecule has 0 atom stereocenters. The van der Waals surface area contributed by atoms with Gasteiger partial charge in [-0.15, -0.1) is 0 Å². The topological polar surface area (TPSA) is 68.3 Å². The molecule has 1 heterocycles. The number of aromatic nitrogens is 2. The summed E-state index contributed by atoms with van der Waals surface area (Å²) in [7, 11) is 0. The number of nitrogens with one attached hydrogen (secondary N) is 2. The summed E-state index contributed by atoms with van der Waals surface area (Å²) in [5.41, 5.74) is 0.0803. The van der Waals surface area contributed by atoms with E-state index in [4.69, 9.17) is 9.47 Å². The fraction of sp³-hybridized carbons (Fsp3) is 0.360. The van der Waals surface area contributed by atoms with Crippen molar-refractivity contribution in [2.24, 2.45) is 0 Å². The number of rotatable bonds is 8. The maximum absolute atomic E-state index is 13.7. The van der Waals surface area contributed by atoms with Crippen molar-refractivity contribution in [3.8, 4) is 11.5 Å². The lowest BCUT2D eigenvalue weighted by atomic mass is 9.98. The molecule has 1 saturated carbocycles. The SMILES string of the molecule is CCOc1ccc(Nc2ncc(C(F)(F)F)c(Nc3ccccc3OC3CCCCC3)n2)cc1. The normalized spacial score (nSPS) is 14.5. The Morgan fingerprint density at radius 1 is 0.971 bits per heavy atom. The van der Waals surface area contributed by atoms with Crippen molar-refractivity contribution >= 4 is 23.1 Å². The van der Waals surface area contributed by atoms with Gasteiger partial charge >= 0.3 is 6.18 Å². The number of para-hydroxylation sites is 2. The van der Waals surface area contributed by atoms with Crippen LogP contribution in [0, 0.1) is 0 Å². The van der Waals surface area contributed by atoms with Crippen LogP contribution in [0.1, 0.15) is 44.6 Å². The maximum atomic E-state index is 13.7. The standard InChI is InChI=1S/C25H27F3N4O2/c1-2-33-18-14-12-17(13-15-18)30-24-29-16-20(25(26,27)28)23(32-24)31-21-10-6-7-11-22(21)34-19-8-4-3-5-9-19/h6-7,10-16,19H,2-5,8-9H2,1H3,(H2,29,30,31,32). The van der Waals surface area contributed by atoms with Gasteiger partial charge in [-0.1, -0.05) is 18.6 Å². The Kier molecular flexibility index (Phi) is 7.40. The molecule has 1 fully saturated rings. The predicted molar refractivity (Wildman–Crippen MR) is 125 cm³/mol. The maximum Gasteiger partial charge on any atom is 0.421 e. The van der Waals surface area contributed by atoms with E-state index in [-0.39, 0.29) is 17.9 Å². The molecule has 9 heteroatoms. The third-order valence-corrected chi connectivity index (χ3v) is 5.50. The number of anilines is 4. The molecule has 0 aliphatic heterocycles. The minimum atomic E-state index is -4.63. The highest BCUT2D eigenvalue weighted by atomic mass is 19.4. The van der Waals surface area contributed by atoms with Crippen LogP contribution in [0.5, 0.6) is 11.5 Å². The molecule has 0 saturated heterocycles. The van der Waals surface area contributed by atoms with E-state index < -0.39 is 11.7 Å². The van der Waals surface area contributed by atoms with Crippen molar-refractivity contribution in [3.63, 3.8) is 0 Å². The van der Waals surface area contributed by atoms with E-state index in [9.17, 15) is 13.2 Å². The Bertz CT molecular complexity index is 1080. The van der Waals surface area contributed by atoms with Crippen LogP contribution in [0.3, 0.4) is 0 Å². The van der Waals surface area contributed by atoms with Gasteiger partial charge in [0, 0.05) is 11.9 Å². The Hall–Kier alpha value is -3.49. The molecule has 0 spiro atoms. The average molecular weight is 473 g/mol. The average Bonchev–Trinajstić information content (AvgIpc) is 2.82. The van der Waals surface area contributed by atoms with Gasteiger partial charge in [0.2, 0.25) is 5.95 Å². The smallest absolute Gasteiger partial charge is 0.421 e. The van der Waals surface area contributed by atoms with Crippen LogP contribution < -0.4 is 20.1 Å². The molecule has 4 rings (SSSR count). The molecule has 0 bridgehead atoms. The van der Waals surface area contributed by atoms with Gasteiger partial charge in [0.15, 0.2) is 0 Å². The van der Waals surface area contributed by atoms with Crippen LogP contribution in [-0.4, -0.2) is 22.7 Å². The summed E-state index contributed by atoms with van der Waals surface area (Å²) in [6, 6.07) is 14.0. The minimum Gasteiger partial charge on any atom is -0.494 e. The highest BCUT2D eigenvalue weighted by Gasteiger charge is 2.35. The van der Waals surface area contributed by atoms with Crippen molar-refractivity contribution in [3.05, 3.63) is 60.3 Å². The molecule has 1 aromatic heterocycles. The monoisotopic (exact) mass is 472 g/mol. The summed E-state index contributed by atoms with van der Waals surface area (Å²) in [4.78, 5) is 8.01. The second-order valence-corrected chi connectivity index (χ2v) is 8.04. The first-order valence-corrected chi connectivity index (χ1v) is 11.4. The second-order valence-electron chi connectivity index (χ2n) is 8.04. The van der Waals surface area contributed by atoms with Crippen molar-refractivity contribution in [2.45, 2.75) is 51.3 Å². The number of hydrogen-bond donors (Lipinski definition) is 2. The van der Waals surface area contributed by atoms with Crippen LogP contribution in [0.15, 0.2) is 54.7 Å². The van der Waals surface area contributed by atoms with Crippen molar-refractivity contribution in [1.82, 2.24) is 9.97 Å². The zero-order valence-electron chi connectivity index (χ0n) is 18.9. The molecule has 0 unspecified atom stereocenters. The van der Waals surface area contributed by atoms with Gasteiger partial charge in [0.1, 0.15) is 22.9 Å². The lowest BCUT2D eigenvalue weighted by molar-refractivity contribution is -0.137. The number of nitrogens with zero attached hydrogens (tertiary/aromatic N) is 2. The van der Waals surface area contributed by atoms with E-state index in [2.05, 4.69) is 20.6 Å². The fourth-order valence-electron chi connectivity index (χ4n) is 3.84. The van der Waals surface area contributed by atoms with E-state index in [0.717, 1.165) is 31.9 Å². The van der Waals surface area contributed by atoms with Crippen molar-refractivity contribution < 1.29 is 22.6 Å². The van der Waals surface area contributed by atoms with Crippen LogP contribution in [-0.2, 0) is 6.18 Å². The number of halogens is 3. The molecule has 0 radical (unpaired) electrons. The van der Waals surface area contributed by atoms with Gasteiger partial charge in [-0.05, 0) is 69.0 Å². The van der Waals surface area contributed by atoms with E-state index in [1.54, 1.807) is 48.5 Å². The molecule has 2 N–H and O–H groups in total. The zero-order valence-corrected chi connectivity index (χ0v) is 18.9. The minimum absolute atomic E-state index is 0.0327. The van der Waals surface area contributed by atoms with Crippen LogP contribution in [0.25, 0.3) is 0 Å². The molecule has 1 aliphatic rings. The summed E-state index contributed by atoms with van der Waals surface area (Å²) in [5, 5.41) is 5.78. The lowest BCUT2D eigenvalue weighted by Crippen LogP contribution is -2.20. The molecule has 6 nitrogen and oxygen atoms in total. The Morgan fingerprint density at radius 3 is 2.41 bits per heavy atom. The predicted octanol–water partition coefficient (Wildman–Crippen LogP) is 7.09. The van der Waals surface area contributed by atoms with E-state index >= 15 is 0 Å². The Balaban J connectivity index is 1.59. The zero-order chi connectivity index (χ0) is 24.0. The van der Waals surface area contributed by atoms with Crippen LogP contribution in [0.2, 0.25) is 0 Å². The fourth-order valence-corrected chi connectivity index (χ4v) is 3.84. The van der Waals surface area contributed by atoms with Gasteiger partial charge in [-0.25, -0.2) is 4.98 Å². The molecule has 34 heavy (non-hydrogen) atoms. The number of ether oxygens (including phenoxy) is 2. The van der Waals surface area contributed by atoms with E-state index in [0.29, 0.717) is 29.5 Å². The van der Waals surface area contributed by atoms with Crippen molar-refractivity contribution in [1.29, 1.82) is 0 Å². The second kappa shape index (κ2) is 10.6. The molecule has 180 valence electrons. The third-order valence-electron chi connectivity index (χ3n) is 5.50. The Labute approximate surface area is 196 Å². The highest BCUT2D eigenvalue weighted by molar-refractivity contribution is 5.67. The largest absolute Gasteiger partial charge is 0.494 e. The van der Waals surface area contributed by atoms with Gasteiger partial charge in [-0.2, -0.15) is 18.2 Å². The van der Waals surface area contributed by atoms with Crippen LogP contribution in [0.4, 0.5) is 36.3 Å². The highest BCUT2D eigenvalue weighted by Crippen LogP contribution is 2.37. The van der Waals surface area contributed by atoms with Gasteiger partial charge in [0.25, 0.3) is 0 Å². The van der Waals surface area contributed by atoms with E-state index in [1.165, 1.54) is 6.42 Å². The summed E-state index contributed by atoms with van der Waals surface area (Å²) in [6.45, 7) is 2.42. The van der Waals surface area contributed by atoms with Gasteiger partial charge in [-0.3, -0.25) is 0 Å². The first-order valence-electron chi connectivity index (χ1n) is 11.4. The molecule has 2 aromatic carbocycles. The van der Waals surface area contributed by atoms with Crippen molar-refractivity contribution in [2.75, 3.05) is 17.2 Å². The third kappa shape index (κ3) is 6.09. The first-order chi connectivity index (χ1) is 16.4. The van der Waals surface area contributed by atoms with E-state index in [1.807, 2.05) is 6.92 Å². The quantitative estimate of drug-likeness (QED) is 0.365. The molecule has 1 aliphatic carbocycles. The Morgan fingerprint density at radius 2 is 1.71 bits per heavy atom. The number of hydrogen-bond acceptors (Lipinski definition) is 6. The summed E-state index contributed by atoms with van der Waals surface area (Å²) >= 11 is 0. The molecule has 3 aromatic rings. The first kappa shape index (κ1) is 23.7. The lowest BCUT2D eigenvalue weighted by Gasteiger charge is -2.24. The van der Waals surface area contributed by atoms with Gasteiger partial charge in [0.05, 0.1) is 18.4 Å². The molecular weight excluding hydrogens is 445 g/mol. The summed E-state index contributed by atoms with van der Waals surface area (Å²) in [5.74, 6) is 0.876. The number of alkyl halides is 3. The molecular formula is C25H27F3N4O2. The summed E-state index contributed by atoms with van der Waals surface area (Å²) < 4.78 is 52.7. The number of benzene rings is 2. The molecule has 0 amide bonds. The van der Waals surface area contributed by atoms with Crippen LogP contribution >= 0.6 is 0 Å². The van der Waals surface area contributed by atoms with Gasteiger partial charge < -0.3 is 20.1 Å². The summed E-state index contributed by atoms with van der Waals surface area (Å²) in [6.07, 6.45) is 1.43.